The number of thiophene rings is 1. The van der Waals surface area contributed by atoms with Crippen molar-refractivity contribution in [1.29, 1.82) is 0 Å². The van der Waals surface area contributed by atoms with Gasteiger partial charge in [0.05, 0.1) is 10.6 Å². The zero-order chi connectivity index (χ0) is 14.8. The van der Waals surface area contributed by atoms with Crippen LogP contribution in [0.4, 0.5) is 0 Å². The van der Waals surface area contributed by atoms with E-state index in [2.05, 4.69) is 4.98 Å². The van der Waals surface area contributed by atoms with Gasteiger partial charge in [-0.3, -0.25) is 4.79 Å². The van der Waals surface area contributed by atoms with Gasteiger partial charge in [-0.2, -0.15) is 0 Å². The summed E-state index contributed by atoms with van der Waals surface area (Å²) < 4.78 is 0. The highest BCUT2D eigenvalue weighted by Gasteiger charge is 2.26. The summed E-state index contributed by atoms with van der Waals surface area (Å²) in [5.41, 5.74) is 0.817. The molecule has 1 aliphatic heterocycles. The van der Waals surface area contributed by atoms with Gasteiger partial charge in [-0.25, -0.2) is 4.98 Å². The maximum absolute atomic E-state index is 12.6. The number of piperidine rings is 1. The molecular weight excluding hydrogens is 304 g/mol. The van der Waals surface area contributed by atoms with Gasteiger partial charge in [-0.1, -0.05) is 6.07 Å². The molecule has 1 fully saturated rings. The number of amides is 1. The van der Waals surface area contributed by atoms with Crippen molar-refractivity contribution in [3.8, 4) is 9.88 Å². The minimum atomic E-state index is 0.0872. The fourth-order valence-electron chi connectivity index (χ4n) is 2.56. The summed E-state index contributed by atoms with van der Waals surface area (Å²) in [6.45, 7) is 3.59. The topological polar surface area (TPSA) is 53.4 Å². The number of likely N-dealkylation sites (tertiary alicyclic amines) is 1. The third-order valence-electron chi connectivity index (χ3n) is 3.88. The van der Waals surface area contributed by atoms with Crippen molar-refractivity contribution in [2.24, 2.45) is 5.92 Å². The van der Waals surface area contributed by atoms with E-state index in [0.717, 1.165) is 46.4 Å². The molecule has 0 bridgehead atoms. The maximum atomic E-state index is 12.6. The average Bonchev–Trinajstić information content (AvgIpc) is 3.16. The summed E-state index contributed by atoms with van der Waals surface area (Å²) in [4.78, 5) is 20.9. The zero-order valence-corrected chi connectivity index (χ0v) is 13.5. The first-order valence-electron chi connectivity index (χ1n) is 7.10. The van der Waals surface area contributed by atoms with Crippen LogP contribution in [0.2, 0.25) is 0 Å². The lowest BCUT2D eigenvalue weighted by atomic mass is 9.98. The van der Waals surface area contributed by atoms with E-state index in [9.17, 15) is 9.90 Å². The zero-order valence-electron chi connectivity index (χ0n) is 11.9. The SMILES string of the molecule is Cc1nc(-c2cccs2)sc1C(=O)N1CCC(CO)CC1. The molecule has 2 aromatic heterocycles. The molecule has 0 aromatic carbocycles. The Labute approximate surface area is 132 Å². The second kappa shape index (κ2) is 6.25. The number of aromatic nitrogens is 1. The second-order valence-corrected chi connectivity index (χ2v) is 7.28. The van der Waals surface area contributed by atoms with Gasteiger partial charge in [0.2, 0.25) is 0 Å². The summed E-state index contributed by atoms with van der Waals surface area (Å²) in [6.07, 6.45) is 1.77. The normalized spacial score (nSPS) is 16.4. The number of thiazole rings is 1. The van der Waals surface area contributed by atoms with Crippen LogP contribution in [0.25, 0.3) is 9.88 Å². The number of hydrogen-bond acceptors (Lipinski definition) is 5. The van der Waals surface area contributed by atoms with Gasteiger partial charge in [-0.15, -0.1) is 22.7 Å². The lowest BCUT2D eigenvalue weighted by Crippen LogP contribution is -2.39. The molecule has 3 rings (SSSR count). The number of aliphatic hydroxyl groups excluding tert-OH is 1. The Balaban J connectivity index is 1.76. The molecule has 2 aromatic rings. The van der Waals surface area contributed by atoms with Crippen molar-refractivity contribution < 1.29 is 9.90 Å². The standard InChI is InChI=1S/C15H18N2O2S2/c1-10-13(21-14(16-10)12-3-2-8-20-12)15(19)17-6-4-11(9-18)5-7-17/h2-3,8,11,18H,4-7,9H2,1H3. The Morgan fingerprint density at radius 3 is 2.86 bits per heavy atom. The molecule has 112 valence electrons. The minimum absolute atomic E-state index is 0.0872. The van der Waals surface area contributed by atoms with Gasteiger partial charge in [0, 0.05) is 19.7 Å². The van der Waals surface area contributed by atoms with Gasteiger partial charge >= 0.3 is 0 Å². The molecule has 0 saturated carbocycles. The Kier molecular flexibility index (Phi) is 4.37. The van der Waals surface area contributed by atoms with Crippen molar-refractivity contribution in [3.05, 3.63) is 28.1 Å². The van der Waals surface area contributed by atoms with Crippen molar-refractivity contribution in [2.75, 3.05) is 19.7 Å². The molecule has 4 nitrogen and oxygen atoms in total. The minimum Gasteiger partial charge on any atom is -0.396 e. The van der Waals surface area contributed by atoms with Crippen molar-refractivity contribution in [2.45, 2.75) is 19.8 Å². The molecule has 0 radical (unpaired) electrons. The average molecular weight is 322 g/mol. The van der Waals surface area contributed by atoms with E-state index in [4.69, 9.17) is 0 Å². The molecule has 0 atom stereocenters. The Morgan fingerprint density at radius 1 is 1.48 bits per heavy atom. The maximum Gasteiger partial charge on any atom is 0.265 e. The number of aryl methyl sites for hydroxylation is 1. The van der Waals surface area contributed by atoms with Crippen molar-refractivity contribution >= 4 is 28.6 Å². The summed E-state index contributed by atoms with van der Waals surface area (Å²) in [5.74, 6) is 0.433. The van der Waals surface area contributed by atoms with E-state index < -0.39 is 0 Å². The van der Waals surface area contributed by atoms with Crippen LogP contribution in [0.5, 0.6) is 0 Å². The van der Waals surface area contributed by atoms with Crippen LogP contribution in [0.1, 0.15) is 28.2 Å². The largest absolute Gasteiger partial charge is 0.396 e. The second-order valence-electron chi connectivity index (χ2n) is 5.33. The quantitative estimate of drug-likeness (QED) is 0.945. The Morgan fingerprint density at radius 2 is 2.24 bits per heavy atom. The fourth-order valence-corrected chi connectivity index (χ4v) is 4.39. The van der Waals surface area contributed by atoms with Gasteiger partial charge in [-0.05, 0) is 37.1 Å². The molecule has 1 amide bonds. The lowest BCUT2D eigenvalue weighted by Gasteiger charge is -2.30. The number of carbonyl (C=O) groups excluding carboxylic acids is 1. The summed E-state index contributed by atoms with van der Waals surface area (Å²) in [6, 6.07) is 4.03. The molecule has 21 heavy (non-hydrogen) atoms. The molecule has 3 heterocycles. The monoisotopic (exact) mass is 322 g/mol. The van der Waals surface area contributed by atoms with Gasteiger partial charge in [0.1, 0.15) is 9.88 Å². The number of nitrogens with zero attached hydrogens (tertiary/aromatic N) is 2. The van der Waals surface area contributed by atoms with Gasteiger partial charge in [0.25, 0.3) is 5.91 Å². The van der Waals surface area contributed by atoms with E-state index in [1.807, 2.05) is 29.3 Å². The van der Waals surface area contributed by atoms with Crippen LogP contribution in [-0.4, -0.2) is 40.6 Å². The third-order valence-corrected chi connectivity index (χ3v) is 6.07. The highest BCUT2D eigenvalue weighted by atomic mass is 32.1. The van der Waals surface area contributed by atoms with Gasteiger partial charge in [0.15, 0.2) is 0 Å². The molecule has 0 unspecified atom stereocenters. The van der Waals surface area contributed by atoms with Gasteiger partial charge < -0.3 is 10.0 Å². The first-order chi connectivity index (χ1) is 10.2. The van der Waals surface area contributed by atoms with E-state index >= 15 is 0 Å². The molecule has 1 saturated heterocycles. The summed E-state index contributed by atoms with van der Waals surface area (Å²) >= 11 is 3.13. The van der Waals surface area contributed by atoms with Crippen LogP contribution < -0.4 is 0 Å². The van der Waals surface area contributed by atoms with E-state index in [1.165, 1.54) is 11.3 Å². The molecule has 1 aliphatic rings. The Hall–Kier alpha value is -1.24. The number of carbonyl (C=O) groups is 1. The fraction of sp³-hybridized carbons (Fsp3) is 0.467. The number of rotatable bonds is 3. The van der Waals surface area contributed by atoms with Crippen molar-refractivity contribution in [1.82, 2.24) is 9.88 Å². The summed E-state index contributed by atoms with van der Waals surface area (Å²) in [5, 5.41) is 12.1. The van der Waals surface area contributed by atoms with Crippen LogP contribution in [0, 0.1) is 12.8 Å². The smallest absolute Gasteiger partial charge is 0.265 e. The summed E-state index contributed by atoms with van der Waals surface area (Å²) in [7, 11) is 0. The lowest BCUT2D eigenvalue weighted by molar-refractivity contribution is 0.0654. The molecule has 0 aliphatic carbocycles. The van der Waals surface area contributed by atoms with Crippen LogP contribution in [-0.2, 0) is 0 Å². The molecule has 6 heteroatoms. The highest BCUT2D eigenvalue weighted by Crippen LogP contribution is 2.32. The predicted octanol–water partition coefficient (Wildman–Crippen LogP) is 3.02. The highest BCUT2D eigenvalue weighted by molar-refractivity contribution is 7.22. The van der Waals surface area contributed by atoms with Crippen LogP contribution in [0.3, 0.4) is 0 Å². The number of aliphatic hydroxyl groups is 1. The molecule has 0 spiro atoms. The predicted molar refractivity (Wildman–Crippen MR) is 85.9 cm³/mol. The van der Waals surface area contributed by atoms with Crippen LogP contribution in [0.15, 0.2) is 17.5 Å². The number of hydrogen-bond donors (Lipinski definition) is 1. The third kappa shape index (κ3) is 3.02. The van der Waals surface area contributed by atoms with Crippen molar-refractivity contribution in [3.63, 3.8) is 0 Å². The first-order valence-corrected chi connectivity index (χ1v) is 8.80. The van der Waals surface area contributed by atoms with E-state index in [0.29, 0.717) is 5.92 Å². The van der Waals surface area contributed by atoms with Crippen LogP contribution >= 0.6 is 22.7 Å². The Bertz CT molecular complexity index is 614. The van der Waals surface area contributed by atoms with E-state index in [1.54, 1.807) is 11.3 Å². The van der Waals surface area contributed by atoms with E-state index in [-0.39, 0.29) is 12.5 Å². The molecule has 1 N–H and O–H groups in total. The molecular formula is C15H18N2O2S2. The first kappa shape index (κ1) is 14.7.